The first-order valence-electron chi connectivity index (χ1n) is 6.94. The van der Waals surface area contributed by atoms with Gasteiger partial charge in [-0.05, 0) is 46.3 Å². The lowest BCUT2D eigenvalue weighted by atomic mass is 9.84. The number of hydrogen-bond acceptors (Lipinski definition) is 4. The molecule has 4 N–H and O–H groups in total. The van der Waals surface area contributed by atoms with Crippen molar-refractivity contribution in [1.29, 1.82) is 0 Å². The van der Waals surface area contributed by atoms with Crippen LogP contribution in [0.4, 0.5) is 0 Å². The highest BCUT2D eigenvalue weighted by molar-refractivity contribution is 6.07. The Morgan fingerprint density at radius 1 is 1.37 bits per heavy atom. The molecule has 6 nitrogen and oxygen atoms in total. The minimum Gasteiger partial charge on any atom is -0.409 e. The van der Waals surface area contributed by atoms with Crippen LogP contribution in [0.25, 0.3) is 0 Å². The second-order valence-corrected chi connectivity index (χ2v) is 5.54. The monoisotopic (exact) mass is 270 g/mol. The van der Waals surface area contributed by atoms with Gasteiger partial charge < -0.3 is 21.2 Å². The van der Waals surface area contributed by atoms with E-state index in [0.717, 1.165) is 32.2 Å². The van der Waals surface area contributed by atoms with E-state index in [1.807, 2.05) is 14.1 Å². The largest absolute Gasteiger partial charge is 0.409 e. The number of nitrogens with zero attached hydrogens (tertiary/aromatic N) is 2. The number of rotatable bonds is 7. The second-order valence-electron chi connectivity index (χ2n) is 5.54. The van der Waals surface area contributed by atoms with Crippen molar-refractivity contribution in [3.05, 3.63) is 0 Å². The number of hydrogen-bond donors (Lipinski definition) is 3. The number of oxime groups is 1. The van der Waals surface area contributed by atoms with Crippen LogP contribution in [0.1, 0.15) is 38.5 Å². The summed E-state index contributed by atoms with van der Waals surface area (Å²) in [6.07, 6.45) is 5.23. The van der Waals surface area contributed by atoms with Gasteiger partial charge in [0.15, 0.2) is 5.84 Å². The first kappa shape index (κ1) is 15.8. The van der Waals surface area contributed by atoms with E-state index >= 15 is 0 Å². The Labute approximate surface area is 115 Å². The van der Waals surface area contributed by atoms with Crippen molar-refractivity contribution in [3.8, 4) is 0 Å². The molecular weight excluding hydrogens is 244 g/mol. The van der Waals surface area contributed by atoms with Gasteiger partial charge in [-0.3, -0.25) is 4.79 Å². The molecule has 1 amide bonds. The summed E-state index contributed by atoms with van der Waals surface area (Å²) in [7, 11) is 4.06. The number of nitrogens with two attached hydrogens (primary N) is 1. The van der Waals surface area contributed by atoms with Gasteiger partial charge in [-0.25, -0.2) is 0 Å². The molecule has 0 unspecified atom stereocenters. The van der Waals surface area contributed by atoms with Gasteiger partial charge in [-0.15, -0.1) is 0 Å². The molecule has 1 fully saturated rings. The van der Waals surface area contributed by atoms with Crippen LogP contribution in [-0.4, -0.2) is 49.0 Å². The predicted octanol–water partition coefficient (Wildman–Crippen LogP) is 0.751. The van der Waals surface area contributed by atoms with Crippen molar-refractivity contribution >= 4 is 11.7 Å². The standard InChI is InChI=1S/C13H26N4O2/c1-17(2)10-6-5-9-15-12(18)13(11(14)16-19)7-3-4-8-13/h19H,3-10H2,1-2H3,(H2,14,16)(H,15,18). The van der Waals surface area contributed by atoms with Crippen LogP contribution in [-0.2, 0) is 4.79 Å². The van der Waals surface area contributed by atoms with E-state index in [1.165, 1.54) is 0 Å². The third-order valence-electron chi connectivity index (χ3n) is 3.81. The Bertz CT molecular complexity index is 323. The average molecular weight is 270 g/mol. The fraction of sp³-hybridized carbons (Fsp3) is 0.846. The molecule has 6 heteroatoms. The van der Waals surface area contributed by atoms with Crippen LogP contribution in [0, 0.1) is 5.41 Å². The SMILES string of the molecule is CN(C)CCCCNC(=O)C1(C(N)=NO)CCCC1. The van der Waals surface area contributed by atoms with Gasteiger partial charge in [0.1, 0.15) is 5.41 Å². The van der Waals surface area contributed by atoms with Gasteiger partial charge in [0.2, 0.25) is 5.91 Å². The zero-order valence-corrected chi connectivity index (χ0v) is 12.0. The number of nitrogens with one attached hydrogen (secondary N) is 1. The maximum Gasteiger partial charge on any atom is 0.233 e. The summed E-state index contributed by atoms with van der Waals surface area (Å²) in [4.78, 5) is 14.4. The van der Waals surface area contributed by atoms with Crippen LogP contribution >= 0.6 is 0 Å². The lowest BCUT2D eigenvalue weighted by molar-refractivity contribution is -0.127. The summed E-state index contributed by atoms with van der Waals surface area (Å²) in [5, 5.41) is 14.8. The highest BCUT2D eigenvalue weighted by atomic mass is 16.4. The van der Waals surface area contributed by atoms with E-state index in [9.17, 15) is 4.79 Å². The highest BCUT2D eigenvalue weighted by Gasteiger charge is 2.45. The van der Waals surface area contributed by atoms with E-state index < -0.39 is 5.41 Å². The van der Waals surface area contributed by atoms with E-state index in [2.05, 4.69) is 15.4 Å². The van der Waals surface area contributed by atoms with Crippen molar-refractivity contribution in [1.82, 2.24) is 10.2 Å². The van der Waals surface area contributed by atoms with Crippen molar-refractivity contribution in [2.75, 3.05) is 27.2 Å². The van der Waals surface area contributed by atoms with Crippen molar-refractivity contribution < 1.29 is 10.0 Å². The van der Waals surface area contributed by atoms with E-state index in [1.54, 1.807) is 0 Å². The van der Waals surface area contributed by atoms with E-state index in [4.69, 9.17) is 10.9 Å². The van der Waals surface area contributed by atoms with Crippen LogP contribution in [0.15, 0.2) is 5.16 Å². The Morgan fingerprint density at radius 3 is 2.53 bits per heavy atom. The molecule has 19 heavy (non-hydrogen) atoms. The fourth-order valence-corrected chi connectivity index (χ4v) is 2.60. The molecule has 1 rings (SSSR count). The summed E-state index contributed by atoms with van der Waals surface area (Å²) < 4.78 is 0. The number of carbonyl (C=O) groups excluding carboxylic acids is 1. The molecule has 0 saturated heterocycles. The molecule has 0 atom stereocenters. The third-order valence-corrected chi connectivity index (χ3v) is 3.81. The molecule has 0 bridgehead atoms. The second kappa shape index (κ2) is 7.33. The maximum atomic E-state index is 12.3. The Balaban J connectivity index is 2.42. The molecule has 0 spiro atoms. The summed E-state index contributed by atoms with van der Waals surface area (Å²) in [6, 6.07) is 0. The van der Waals surface area contributed by atoms with E-state index in [-0.39, 0.29) is 11.7 Å². The summed E-state index contributed by atoms with van der Waals surface area (Å²) in [5.74, 6) is -0.0408. The molecule has 110 valence electrons. The van der Waals surface area contributed by atoms with Gasteiger partial charge >= 0.3 is 0 Å². The minimum absolute atomic E-state index is 0.0517. The lowest BCUT2D eigenvalue weighted by Crippen LogP contribution is -2.48. The Kier molecular flexibility index (Phi) is 6.08. The van der Waals surface area contributed by atoms with Crippen LogP contribution in [0.5, 0.6) is 0 Å². The molecular formula is C13H26N4O2. The van der Waals surface area contributed by atoms with Gasteiger partial charge in [0.05, 0.1) is 0 Å². The molecule has 0 radical (unpaired) electrons. The fourth-order valence-electron chi connectivity index (χ4n) is 2.60. The summed E-state index contributed by atoms with van der Waals surface area (Å²) in [5.41, 5.74) is 4.94. The zero-order valence-electron chi connectivity index (χ0n) is 12.0. The molecule has 1 aliphatic carbocycles. The molecule has 0 aromatic carbocycles. The van der Waals surface area contributed by atoms with Gasteiger partial charge in [0, 0.05) is 6.54 Å². The maximum absolute atomic E-state index is 12.3. The van der Waals surface area contributed by atoms with Gasteiger partial charge in [-0.1, -0.05) is 18.0 Å². The molecule has 1 saturated carbocycles. The van der Waals surface area contributed by atoms with Crippen molar-refractivity contribution in [2.24, 2.45) is 16.3 Å². The number of amidine groups is 1. The minimum atomic E-state index is -0.781. The van der Waals surface area contributed by atoms with Crippen LogP contribution in [0.3, 0.4) is 0 Å². The van der Waals surface area contributed by atoms with E-state index in [0.29, 0.717) is 19.4 Å². The number of unbranched alkanes of at least 4 members (excludes halogenated alkanes) is 1. The quantitative estimate of drug-likeness (QED) is 0.209. The topological polar surface area (TPSA) is 91.0 Å². The molecule has 0 heterocycles. The van der Waals surface area contributed by atoms with Gasteiger partial charge in [0.25, 0.3) is 0 Å². The summed E-state index contributed by atoms with van der Waals surface area (Å²) in [6.45, 7) is 1.66. The smallest absolute Gasteiger partial charge is 0.233 e. The Hall–Kier alpha value is -1.30. The van der Waals surface area contributed by atoms with Crippen molar-refractivity contribution in [3.63, 3.8) is 0 Å². The van der Waals surface area contributed by atoms with Gasteiger partial charge in [-0.2, -0.15) is 0 Å². The lowest BCUT2D eigenvalue weighted by Gasteiger charge is -2.26. The van der Waals surface area contributed by atoms with Crippen LogP contribution in [0.2, 0.25) is 0 Å². The average Bonchev–Trinajstić information content (AvgIpc) is 2.87. The number of amides is 1. The van der Waals surface area contributed by atoms with Crippen LogP contribution < -0.4 is 11.1 Å². The predicted molar refractivity (Wildman–Crippen MR) is 75.1 cm³/mol. The molecule has 0 aromatic rings. The highest BCUT2D eigenvalue weighted by Crippen LogP contribution is 2.38. The van der Waals surface area contributed by atoms with Crippen molar-refractivity contribution in [2.45, 2.75) is 38.5 Å². The molecule has 0 aromatic heterocycles. The number of carbonyl (C=O) groups is 1. The normalized spacial score (nSPS) is 18.8. The zero-order chi connectivity index (χ0) is 14.3. The first-order chi connectivity index (χ1) is 9.03. The molecule has 1 aliphatic rings. The summed E-state index contributed by atoms with van der Waals surface area (Å²) >= 11 is 0. The molecule has 0 aliphatic heterocycles. The third kappa shape index (κ3) is 4.09. The first-order valence-corrected chi connectivity index (χ1v) is 6.94. The Morgan fingerprint density at radius 2 is 2.00 bits per heavy atom.